The van der Waals surface area contributed by atoms with Crippen LogP contribution in [0.4, 0.5) is 0 Å². The van der Waals surface area contributed by atoms with Crippen LogP contribution in [0, 0.1) is 5.92 Å². The van der Waals surface area contributed by atoms with Gasteiger partial charge in [0.1, 0.15) is 5.82 Å². The molecule has 0 bridgehead atoms. The normalized spacial score (nSPS) is 20.2. The number of nitrogens with zero attached hydrogens (tertiary/aromatic N) is 2. The lowest BCUT2D eigenvalue weighted by Crippen LogP contribution is -2.46. The Morgan fingerprint density at radius 2 is 2.00 bits per heavy atom. The summed E-state index contributed by atoms with van der Waals surface area (Å²) in [7, 11) is 1.64. The SMILES string of the molecule is CC(OC(=O)CCc1nc2ccccc2c(=O)n1C)C(=O)NC1CCCCC1C. The highest BCUT2D eigenvalue weighted by Gasteiger charge is 2.26. The molecule has 1 aromatic carbocycles. The van der Waals surface area contributed by atoms with Crippen molar-refractivity contribution in [3.05, 3.63) is 40.4 Å². The van der Waals surface area contributed by atoms with Gasteiger partial charge in [0.25, 0.3) is 11.5 Å². The van der Waals surface area contributed by atoms with E-state index >= 15 is 0 Å². The van der Waals surface area contributed by atoms with E-state index in [0.717, 1.165) is 19.3 Å². The topological polar surface area (TPSA) is 90.3 Å². The Balaban J connectivity index is 1.55. The van der Waals surface area contributed by atoms with E-state index < -0.39 is 12.1 Å². The van der Waals surface area contributed by atoms with E-state index in [2.05, 4.69) is 17.2 Å². The summed E-state index contributed by atoms with van der Waals surface area (Å²) >= 11 is 0. The standard InChI is InChI=1S/C22H29N3O4/c1-14-8-4-6-10-17(14)24-21(27)15(2)29-20(26)13-12-19-23-18-11-7-5-9-16(18)22(28)25(19)3/h5,7,9,11,14-15,17H,4,6,8,10,12-13H2,1-3H3,(H,24,27). The van der Waals surface area contributed by atoms with Gasteiger partial charge in [0.05, 0.1) is 17.3 Å². The summed E-state index contributed by atoms with van der Waals surface area (Å²) in [6.07, 6.45) is 3.86. The number of nitrogens with one attached hydrogen (secondary N) is 1. The van der Waals surface area contributed by atoms with Crippen molar-refractivity contribution in [2.75, 3.05) is 0 Å². The van der Waals surface area contributed by atoms with Crippen LogP contribution in [0.1, 0.15) is 51.8 Å². The molecule has 0 aliphatic heterocycles. The van der Waals surface area contributed by atoms with E-state index in [1.54, 1.807) is 32.2 Å². The first kappa shape index (κ1) is 21.0. The van der Waals surface area contributed by atoms with E-state index in [1.807, 2.05) is 6.07 Å². The molecule has 3 rings (SSSR count). The number of benzene rings is 1. The molecule has 0 saturated heterocycles. The first-order valence-electron chi connectivity index (χ1n) is 10.3. The molecule has 7 heteroatoms. The van der Waals surface area contributed by atoms with Gasteiger partial charge in [-0.3, -0.25) is 19.0 Å². The number of ether oxygens (including phenoxy) is 1. The fourth-order valence-corrected chi connectivity index (χ4v) is 3.84. The maximum atomic E-state index is 12.4. The molecule has 0 spiro atoms. The number of aryl methyl sites for hydroxylation is 1. The molecular weight excluding hydrogens is 370 g/mol. The predicted molar refractivity (Wildman–Crippen MR) is 110 cm³/mol. The molecule has 1 N–H and O–H groups in total. The number of hydrogen-bond donors (Lipinski definition) is 1. The lowest BCUT2D eigenvalue weighted by atomic mass is 9.86. The first-order valence-corrected chi connectivity index (χ1v) is 10.3. The summed E-state index contributed by atoms with van der Waals surface area (Å²) in [5, 5.41) is 3.56. The number of fused-ring (bicyclic) bond motifs is 1. The number of amides is 1. The van der Waals surface area contributed by atoms with Gasteiger partial charge in [-0.1, -0.05) is 31.9 Å². The lowest BCUT2D eigenvalue weighted by molar-refractivity contribution is -0.155. The van der Waals surface area contributed by atoms with Gasteiger partial charge >= 0.3 is 5.97 Å². The molecule has 1 fully saturated rings. The number of aromatic nitrogens is 2. The molecule has 1 aromatic heterocycles. The van der Waals surface area contributed by atoms with Gasteiger partial charge in [0.2, 0.25) is 0 Å². The van der Waals surface area contributed by atoms with Crippen molar-refractivity contribution in [3.63, 3.8) is 0 Å². The van der Waals surface area contributed by atoms with Crippen molar-refractivity contribution in [2.45, 2.75) is 64.5 Å². The summed E-state index contributed by atoms with van der Waals surface area (Å²) in [4.78, 5) is 41.5. The van der Waals surface area contributed by atoms with Gasteiger partial charge in [0, 0.05) is 19.5 Å². The molecule has 1 saturated carbocycles. The van der Waals surface area contributed by atoms with Gasteiger partial charge in [-0.15, -0.1) is 0 Å². The molecule has 29 heavy (non-hydrogen) atoms. The monoisotopic (exact) mass is 399 g/mol. The third kappa shape index (κ3) is 5.02. The smallest absolute Gasteiger partial charge is 0.307 e. The minimum Gasteiger partial charge on any atom is -0.453 e. The summed E-state index contributed by atoms with van der Waals surface area (Å²) in [6, 6.07) is 7.27. The number of carbonyl (C=O) groups is 2. The molecule has 156 valence electrons. The second-order valence-corrected chi connectivity index (χ2v) is 7.92. The molecule has 0 radical (unpaired) electrons. The number of hydrogen-bond acceptors (Lipinski definition) is 5. The summed E-state index contributed by atoms with van der Waals surface area (Å²) < 4.78 is 6.76. The Morgan fingerprint density at radius 3 is 2.76 bits per heavy atom. The van der Waals surface area contributed by atoms with Crippen molar-refractivity contribution in [2.24, 2.45) is 13.0 Å². The molecule has 1 aliphatic carbocycles. The summed E-state index contributed by atoms with van der Waals surface area (Å²) in [5.41, 5.74) is 0.460. The third-order valence-electron chi connectivity index (χ3n) is 5.75. The number of esters is 1. The quantitative estimate of drug-likeness (QED) is 0.754. The Hall–Kier alpha value is -2.70. The van der Waals surface area contributed by atoms with Crippen LogP contribution in [0.5, 0.6) is 0 Å². The highest BCUT2D eigenvalue weighted by atomic mass is 16.5. The zero-order valence-corrected chi connectivity index (χ0v) is 17.3. The van der Waals surface area contributed by atoms with E-state index in [1.165, 1.54) is 11.0 Å². The Morgan fingerprint density at radius 1 is 1.28 bits per heavy atom. The van der Waals surface area contributed by atoms with Crippen LogP contribution in [-0.4, -0.2) is 33.6 Å². The first-order chi connectivity index (χ1) is 13.9. The zero-order chi connectivity index (χ0) is 21.0. The number of carbonyl (C=O) groups excluding carboxylic acids is 2. The average Bonchev–Trinajstić information content (AvgIpc) is 2.71. The fraction of sp³-hybridized carbons (Fsp3) is 0.545. The van der Waals surface area contributed by atoms with Gasteiger partial charge in [-0.2, -0.15) is 0 Å². The van der Waals surface area contributed by atoms with Crippen LogP contribution < -0.4 is 10.9 Å². The Bertz CT molecular complexity index is 953. The summed E-state index contributed by atoms with van der Waals surface area (Å²) in [6.45, 7) is 3.73. The minimum atomic E-state index is -0.843. The molecule has 2 aromatic rings. The molecule has 7 nitrogen and oxygen atoms in total. The van der Waals surface area contributed by atoms with Gasteiger partial charge in [-0.25, -0.2) is 4.98 Å². The van der Waals surface area contributed by atoms with E-state index in [-0.39, 0.29) is 30.3 Å². The summed E-state index contributed by atoms with van der Waals surface area (Å²) in [5.74, 6) is 0.217. The van der Waals surface area contributed by atoms with Gasteiger partial charge in [0.15, 0.2) is 6.10 Å². The van der Waals surface area contributed by atoms with E-state index in [4.69, 9.17) is 4.74 Å². The molecular formula is C22H29N3O4. The molecule has 3 unspecified atom stereocenters. The maximum Gasteiger partial charge on any atom is 0.307 e. The minimum absolute atomic E-state index is 0.0517. The molecule has 3 atom stereocenters. The van der Waals surface area contributed by atoms with Crippen LogP contribution in [0.2, 0.25) is 0 Å². The van der Waals surface area contributed by atoms with Crippen LogP contribution in [0.15, 0.2) is 29.1 Å². The highest BCUT2D eigenvalue weighted by molar-refractivity contribution is 5.83. The average molecular weight is 399 g/mol. The second kappa shape index (κ2) is 9.20. The van der Waals surface area contributed by atoms with Gasteiger partial charge < -0.3 is 10.1 Å². The predicted octanol–water partition coefficient (Wildman–Crippen LogP) is 2.49. The van der Waals surface area contributed by atoms with Crippen LogP contribution in [0.25, 0.3) is 10.9 Å². The van der Waals surface area contributed by atoms with Gasteiger partial charge in [-0.05, 0) is 37.8 Å². The third-order valence-corrected chi connectivity index (χ3v) is 5.75. The van der Waals surface area contributed by atoms with E-state index in [0.29, 0.717) is 22.6 Å². The van der Waals surface area contributed by atoms with Crippen LogP contribution in [-0.2, 0) is 27.8 Å². The van der Waals surface area contributed by atoms with E-state index in [9.17, 15) is 14.4 Å². The van der Waals surface area contributed by atoms with Crippen LogP contribution in [0.3, 0.4) is 0 Å². The van der Waals surface area contributed by atoms with Crippen molar-refractivity contribution >= 4 is 22.8 Å². The molecule has 1 amide bonds. The fourth-order valence-electron chi connectivity index (χ4n) is 3.84. The Labute approximate surface area is 170 Å². The van der Waals surface area contributed by atoms with Crippen molar-refractivity contribution < 1.29 is 14.3 Å². The maximum absolute atomic E-state index is 12.4. The number of rotatable bonds is 6. The molecule has 1 heterocycles. The van der Waals surface area contributed by atoms with Crippen molar-refractivity contribution in [1.29, 1.82) is 0 Å². The number of para-hydroxylation sites is 1. The zero-order valence-electron chi connectivity index (χ0n) is 17.3. The second-order valence-electron chi connectivity index (χ2n) is 7.92. The van der Waals surface area contributed by atoms with Crippen molar-refractivity contribution in [1.82, 2.24) is 14.9 Å². The van der Waals surface area contributed by atoms with Crippen molar-refractivity contribution in [3.8, 4) is 0 Å². The highest BCUT2D eigenvalue weighted by Crippen LogP contribution is 2.23. The van der Waals surface area contributed by atoms with Crippen LogP contribution >= 0.6 is 0 Å². The Kier molecular flexibility index (Phi) is 6.67. The molecule has 1 aliphatic rings. The largest absolute Gasteiger partial charge is 0.453 e. The lowest BCUT2D eigenvalue weighted by Gasteiger charge is -2.30.